The normalized spacial score (nSPS) is 15.8. The molecule has 2 rings (SSSR count). The van der Waals surface area contributed by atoms with Crippen LogP contribution in [0.2, 0.25) is 0 Å². The number of carbonyl (C=O) groups excluding carboxylic acids is 2. The minimum atomic E-state index is -0.876. The zero-order chi connectivity index (χ0) is 15.6. The molecule has 1 aromatic rings. The van der Waals surface area contributed by atoms with Crippen LogP contribution in [0.1, 0.15) is 25.8 Å². The summed E-state index contributed by atoms with van der Waals surface area (Å²) in [7, 11) is 0. The number of benzene rings is 1. The molecular formula is C15H18N2O4. The zero-order valence-corrected chi connectivity index (χ0v) is 12.0. The number of aliphatic carboxylic acids is 1. The minimum Gasteiger partial charge on any atom is -0.481 e. The van der Waals surface area contributed by atoms with Crippen LogP contribution in [-0.2, 0) is 19.8 Å². The smallest absolute Gasteiger partial charge is 0.304 e. The standard InChI is InChI=1S/C15H18N2O4/c1-15(2,7-14(20)21)10-4-3-5-11(6-10)17-9-12(18)16-8-13(17)19/h3-6H,7-9H2,1-2H3,(H,16,18)(H,20,21). The molecule has 1 aliphatic rings. The summed E-state index contributed by atoms with van der Waals surface area (Å²) in [5.41, 5.74) is 0.884. The van der Waals surface area contributed by atoms with Gasteiger partial charge in [-0.05, 0) is 17.7 Å². The summed E-state index contributed by atoms with van der Waals surface area (Å²) in [6.45, 7) is 3.65. The average molecular weight is 290 g/mol. The molecule has 0 saturated carbocycles. The second kappa shape index (κ2) is 5.55. The molecule has 1 aromatic carbocycles. The Kier molecular flexibility index (Phi) is 3.97. The number of carbonyl (C=O) groups is 3. The number of anilines is 1. The van der Waals surface area contributed by atoms with Gasteiger partial charge in [-0.25, -0.2) is 0 Å². The van der Waals surface area contributed by atoms with Crippen LogP contribution in [0.3, 0.4) is 0 Å². The van der Waals surface area contributed by atoms with E-state index in [4.69, 9.17) is 5.11 Å². The highest BCUT2D eigenvalue weighted by atomic mass is 16.4. The first-order chi connectivity index (χ1) is 9.79. The van der Waals surface area contributed by atoms with Gasteiger partial charge in [0.25, 0.3) is 0 Å². The summed E-state index contributed by atoms with van der Waals surface area (Å²) in [5.74, 6) is -1.26. The number of hydrogen-bond acceptors (Lipinski definition) is 3. The van der Waals surface area contributed by atoms with Crippen LogP contribution in [0, 0.1) is 0 Å². The average Bonchev–Trinajstić information content (AvgIpc) is 2.40. The van der Waals surface area contributed by atoms with Crippen LogP contribution in [0.25, 0.3) is 0 Å². The van der Waals surface area contributed by atoms with Gasteiger partial charge in [-0.15, -0.1) is 0 Å². The van der Waals surface area contributed by atoms with Gasteiger partial charge in [0, 0.05) is 11.1 Å². The molecule has 1 saturated heterocycles. The van der Waals surface area contributed by atoms with E-state index in [1.54, 1.807) is 18.2 Å². The zero-order valence-electron chi connectivity index (χ0n) is 12.0. The van der Waals surface area contributed by atoms with Gasteiger partial charge < -0.3 is 15.3 Å². The topological polar surface area (TPSA) is 86.7 Å². The van der Waals surface area contributed by atoms with Crippen LogP contribution in [0.5, 0.6) is 0 Å². The predicted octanol–water partition coefficient (Wildman–Crippen LogP) is 0.902. The van der Waals surface area contributed by atoms with Gasteiger partial charge in [-0.2, -0.15) is 0 Å². The van der Waals surface area contributed by atoms with E-state index in [1.165, 1.54) is 4.90 Å². The Morgan fingerprint density at radius 3 is 2.76 bits per heavy atom. The van der Waals surface area contributed by atoms with Gasteiger partial charge in [0.2, 0.25) is 11.8 Å². The summed E-state index contributed by atoms with van der Waals surface area (Å²) in [5, 5.41) is 11.5. The van der Waals surface area contributed by atoms with E-state index < -0.39 is 11.4 Å². The molecule has 0 aliphatic carbocycles. The molecule has 2 N–H and O–H groups in total. The largest absolute Gasteiger partial charge is 0.481 e. The molecule has 112 valence electrons. The maximum atomic E-state index is 11.9. The van der Waals surface area contributed by atoms with Crippen molar-refractivity contribution in [3.8, 4) is 0 Å². The van der Waals surface area contributed by atoms with Gasteiger partial charge in [0.05, 0.1) is 13.0 Å². The Hall–Kier alpha value is -2.37. The number of rotatable bonds is 4. The van der Waals surface area contributed by atoms with Gasteiger partial charge in [0.1, 0.15) is 6.54 Å². The molecule has 0 unspecified atom stereocenters. The predicted molar refractivity (Wildman–Crippen MR) is 77.1 cm³/mol. The third kappa shape index (κ3) is 3.39. The van der Waals surface area contributed by atoms with Gasteiger partial charge in [0.15, 0.2) is 0 Å². The van der Waals surface area contributed by atoms with Crippen molar-refractivity contribution in [1.82, 2.24) is 5.32 Å². The SMILES string of the molecule is CC(C)(CC(=O)O)c1cccc(N2CC(=O)NCC2=O)c1. The molecular weight excluding hydrogens is 272 g/mol. The Labute approximate surface area is 122 Å². The molecule has 1 fully saturated rings. The number of hydrogen-bond donors (Lipinski definition) is 2. The lowest BCUT2D eigenvalue weighted by Crippen LogP contribution is -2.51. The van der Waals surface area contributed by atoms with E-state index in [9.17, 15) is 14.4 Å². The van der Waals surface area contributed by atoms with E-state index >= 15 is 0 Å². The molecule has 1 aliphatic heterocycles. The summed E-state index contributed by atoms with van der Waals surface area (Å²) >= 11 is 0. The highest BCUT2D eigenvalue weighted by molar-refractivity contribution is 6.04. The number of nitrogens with one attached hydrogen (secondary N) is 1. The number of carboxylic acids is 1. The molecule has 0 atom stereocenters. The van der Waals surface area contributed by atoms with E-state index in [0.29, 0.717) is 5.69 Å². The van der Waals surface area contributed by atoms with Crippen LogP contribution >= 0.6 is 0 Å². The third-order valence-corrected chi connectivity index (χ3v) is 3.57. The maximum Gasteiger partial charge on any atom is 0.304 e. The lowest BCUT2D eigenvalue weighted by molar-refractivity contribution is -0.138. The number of nitrogens with zero attached hydrogens (tertiary/aromatic N) is 1. The van der Waals surface area contributed by atoms with E-state index in [-0.39, 0.29) is 31.3 Å². The van der Waals surface area contributed by atoms with Crippen molar-refractivity contribution in [1.29, 1.82) is 0 Å². The molecule has 6 nitrogen and oxygen atoms in total. The molecule has 0 spiro atoms. The summed E-state index contributed by atoms with van der Waals surface area (Å²) in [6, 6.07) is 7.13. The highest BCUT2D eigenvalue weighted by Crippen LogP contribution is 2.30. The monoisotopic (exact) mass is 290 g/mol. The fourth-order valence-corrected chi connectivity index (χ4v) is 2.37. The fourth-order valence-electron chi connectivity index (χ4n) is 2.37. The van der Waals surface area contributed by atoms with E-state index in [2.05, 4.69) is 5.32 Å². The fraction of sp³-hybridized carbons (Fsp3) is 0.400. The third-order valence-electron chi connectivity index (χ3n) is 3.57. The van der Waals surface area contributed by atoms with Crippen LogP contribution < -0.4 is 10.2 Å². The Bertz CT molecular complexity index is 595. The summed E-state index contributed by atoms with van der Waals surface area (Å²) in [4.78, 5) is 35.7. The lowest BCUT2D eigenvalue weighted by Gasteiger charge is -2.29. The quantitative estimate of drug-likeness (QED) is 0.862. The number of carboxylic acid groups (broad SMARTS) is 1. The van der Waals surface area contributed by atoms with Crippen molar-refractivity contribution in [2.24, 2.45) is 0 Å². The molecule has 2 amide bonds. The van der Waals surface area contributed by atoms with Gasteiger partial charge >= 0.3 is 5.97 Å². The van der Waals surface area contributed by atoms with Crippen molar-refractivity contribution in [2.75, 3.05) is 18.0 Å². The maximum absolute atomic E-state index is 11.9. The first kappa shape index (κ1) is 15.0. The molecule has 21 heavy (non-hydrogen) atoms. The van der Waals surface area contributed by atoms with Crippen molar-refractivity contribution in [3.05, 3.63) is 29.8 Å². The lowest BCUT2D eigenvalue weighted by atomic mass is 9.81. The number of piperazine rings is 1. The Balaban J connectivity index is 2.31. The molecule has 0 bridgehead atoms. The molecule has 1 heterocycles. The van der Waals surface area contributed by atoms with Crippen molar-refractivity contribution in [3.63, 3.8) is 0 Å². The van der Waals surface area contributed by atoms with Crippen molar-refractivity contribution >= 4 is 23.5 Å². The highest BCUT2D eigenvalue weighted by Gasteiger charge is 2.27. The second-order valence-electron chi connectivity index (χ2n) is 5.76. The molecule has 6 heteroatoms. The van der Waals surface area contributed by atoms with E-state index in [1.807, 2.05) is 19.9 Å². The van der Waals surface area contributed by atoms with Crippen molar-refractivity contribution in [2.45, 2.75) is 25.7 Å². The molecule has 0 radical (unpaired) electrons. The van der Waals surface area contributed by atoms with Crippen LogP contribution in [-0.4, -0.2) is 36.0 Å². The van der Waals surface area contributed by atoms with Crippen LogP contribution in [0.15, 0.2) is 24.3 Å². The van der Waals surface area contributed by atoms with Crippen LogP contribution in [0.4, 0.5) is 5.69 Å². The first-order valence-corrected chi connectivity index (χ1v) is 6.69. The Morgan fingerprint density at radius 2 is 2.10 bits per heavy atom. The first-order valence-electron chi connectivity index (χ1n) is 6.69. The van der Waals surface area contributed by atoms with Crippen molar-refractivity contribution < 1.29 is 19.5 Å². The Morgan fingerprint density at radius 1 is 1.38 bits per heavy atom. The summed E-state index contributed by atoms with van der Waals surface area (Å²) < 4.78 is 0. The molecule has 0 aromatic heterocycles. The van der Waals surface area contributed by atoms with E-state index in [0.717, 1.165) is 5.56 Å². The minimum absolute atomic E-state index is 0.00904. The van der Waals surface area contributed by atoms with Gasteiger partial charge in [-0.3, -0.25) is 14.4 Å². The van der Waals surface area contributed by atoms with Gasteiger partial charge in [-0.1, -0.05) is 26.0 Å². The second-order valence-corrected chi connectivity index (χ2v) is 5.76. The number of amides is 2. The summed E-state index contributed by atoms with van der Waals surface area (Å²) in [6.07, 6.45) is -0.00904.